The smallest absolute Gasteiger partial charge is 0.242 e. The lowest BCUT2D eigenvalue weighted by molar-refractivity contribution is -0.135. The van der Waals surface area contributed by atoms with Gasteiger partial charge in [-0.3, -0.25) is 4.79 Å². The Kier molecular flexibility index (Phi) is 7.52. The Hall–Kier alpha value is -0.580. The summed E-state index contributed by atoms with van der Waals surface area (Å²) >= 11 is 1.73. The van der Waals surface area contributed by atoms with E-state index in [1.165, 1.54) is 4.88 Å². The number of rotatable bonds is 6. The second-order valence-corrected chi connectivity index (χ2v) is 5.76. The van der Waals surface area contributed by atoms with E-state index in [-0.39, 0.29) is 18.3 Å². The fourth-order valence-electron chi connectivity index (χ4n) is 1.90. The number of carbonyl (C=O) groups is 1. The van der Waals surface area contributed by atoms with Crippen molar-refractivity contribution >= 4 is 29.7 Å². The van der Waals surface area contributed by atoms with E-state index in [0.717, 1.165) is 25.8 Å². The summed E-state index contributed by atoms with van der Waals surface area (Å²) in [6.07, 6.45) is 2.56. The number of halogens is 1. The molecule has 1 aromatic heterocycles. The van der Waals surface area contributed by atoms with Crippen LogP contribution in [0.25, 0.3) is 0 Å². The Morgan fingerprint density at radius 3 is 2.72 bits per heavy atom. The average molecular weight is 291 g/mol. The third-order valence-electron chi connectivity index (χ3n) is 2.88. The molecule has 104 valence electrons. The van der Waals surface area contributed by atoms with Gasteiger partial charge in [0.1, 0.15) is 0 Å². The fraction of sp³-hybridized carbons (Fsp3) is 0.615. The largest absolute Gasteiger partial charge is 0.344 e. The van der Waals surface area contributed by atoms with Crippen molar-refractivity contribution in [1.82, 2.24) is 4.90 Å². The fourth-order valence-corrected chi connectivity index (χ4v) is 2.59. The number of nitrogens with two attached hydrogens (primary N) is 1. The molecule has 0 aliphatic rings. The first kappa shape index (κ1) is 17.4. The molecule has 0 aliphatic heterocycles. The van der Waals surface area contributed by atoms with E-state index in [1.807, 2.05) is 27.0 Å². The van der Waals surface area contributed by atoms with Gasteiger partial charge in [-0.05, 0) is 31.2 Å². The first-order chi connectivity index (χ1) is 7.97. The van der Waals surface area contributed by atoms with Crippen LogP contribution in [0.2, 0.25) is 0 Å². The summed E-state index contributed by atoms with van der Waals surface area (Å²) in [4.78, 5) is 15.2. The summed E-state index contributed by atoms with van der Waals surface area (Å²) in [5.74, 6) is 0.0379. The van der Waals surface area contributed by atoms with Gasteiger partial charge >= 0.3 is 0 Å². The van der Waals surface area contributed by atoms with Crippen LogP contribution in [-0.2, 0) is 11.2 Å². The summed E-state index contributed by atoms with van der Waals surface area (Å²) in [5.41, 5.74) is 5.31. The van der Waals surface area contributed by atoms with Crippen molar-refractivity contribution in [3.8, 4) is 0 Å². The standard InChI is InChI=1S/C13H22N2OS.ClH/c1-4-8-13(2,14)12(16)15(3)9-7-11-6-5-10-17-11;/h5-6,10H,4,7-9,14H2,1-3H3;1H. The van der Waals surface area contributed by atoms with Crippen LogP contribution in [0.5, 0.6) is 0 Å². The van der Waals surface area contributed by atoms with Gasteiger partial charge in [0.15, 0.2) is 0 Å². The van der Waals surface area contributed by atoms with Gasteiger partial charge in [0.25, 0.3) is 0 Å². The normalized spacial score (nSPS) is 13.6. The monoisotopic (exact) mass is 290 g/mol. The Labute approximate surface area is 120 Å². The maximum Gasteiger partial charge on any atom is 0.242 e. The topological polar surface area (TPSA) is 46.3 Å². The van der Waals surface area contributed by atoms with E-state index in [9.17, 15) is 4.79 Å². The van der Waals surface area contributed by atoms with E-state index in [4.69, 9.17) is 5.73 Å². The minimum Gasteiger partial charge on any atom is -0.344 e. The Morgan fingerprint density at radius 1 is 1.56 bits per heavy atom. The van der Waals surface area contributed by atoms with Gasteiger partial charge in [-0.15, -0.1) is 23.7 Å². The molecule has 0 spiro atoms. The molecule has 0 saturated heterocycles. The van der Waals surface area contributed by atoms with Crippen LogP contribution in [0.4, 0.5) is 0 Å². The zero-order chi connectivity index (χ0) is 12.9. The summed E-state index contributed by atoms with van der Waals surface area (Å²) in [6, 6.07) is 4.13. The van der Waals surface area contributed by atoms with Crippen LogP contribution in [0.3, 0.4) is 0 Å². The molecule has 1 heterocycles. The van der Waals surface area contributed by atoms with Crippen LogP contribution >= 0.6 is 23.7 Å². The molecule has 5 heteroatoms. The van der Waals surface area contributed by atoms with Gasteiger partial charge in [0.05, 0.1) is 5.54 Å². The lowest BCUT2D eigenvalue weighted by Gasteiger charge is -2.28. The molecular formula is C13H23ClN2OS. The number of nitrogens with zero attached hydrogens (tertiary/aromatic N) is 1. The third kappa shape index (κ3) is 4.96. The van der Waals surface area contributed by atoms with Crippen molar-refractivity contribution in [3.63, 3.8) is 0 Å². The molecule has 2 N–H and O–H groups in total. The van der Waals surface area contributed by atoms with Crippen molar-refractivity contribution < 1.29 is 4.79 Å². The summed E-state index contributed by atoms with van der Waals surface area (Å²) in [5, 5.41) is 2.06. The average Bonchev–Trinajstić information content (AvgIpc) is 2.77. The molecule has 0 saturated carbocycles. The number of amides is 1. The molecule has 1 amide bonds. The number of likely N-dealkylation sites (N-methyl/N-ethyl adjacent to an activating group) is 1. The molecular weight excluding hydrogens is 268 g/mol. The predicted octanol–water partition coefficient (Wildman–Crippen LogP) is 2.69. The molecule has 0 fully saturated rings. The summed E-state index contributed by atoms with van der Waals surface area (Å²) in [6.45, 7) is 4.60. The minimum absolute atomic E-state index is 0. The number of thiophene rings is 1. The van der Waals surface area contributed by atoms with E-state index in [2.05, 4.69) is 11.4 Å². The first-order valence-corrected chi connectivity index (χ1v) is 6.92. The molecule has 3 nitrogen and oxygen atoms in total. The van der Waals surface area contributed by atoms with Crippen molar-refractivity contribution in [2.24, 2.45) is 5.73 Å². The highest BCUT2D eigenvalue weighted by atomic mass is 35.5. The maximum absolute atomic E-state index is 12.1. The molecule has 0 aliphatic carbocycles. The van der Waals surface area contributed by atoms with E-state index >= 15 is 0 Å². The highest BCUT2D eigenvalue weighted by Crippen LogP contribution is 2.14. The Morgan fingerprint density at radius 2 is 2.22 bits per heavy atom. The highest BCUT2D eigenvalue weighted by molar-refractivity contribution is 7.09. The zero-order valence-electron chi connectivity index (χ0n) is 11.3. The van der Waals surface area contributed by atoms with Gasteiger partial charge in [-0.25, -0.2) is 0 Å². The second kappa shape index (κ2) is 7.77. The van der Waals surface area contributed by atoms with Crippen LogP contribution in [0.1, 0.15) is 31.6 Å². The maximum atomic E-state index is 12.1. The predicted molar refractivity (Wildman–Crippen MR) is 80.4 cm³/mol. The van der Waals surface area contributed by atoms with Crippen molar-refractivity contribution in [2.75, 3.05) is 13.6 Å². The van der Waals surface area contributed by atoms with Crippen molar-refractivity contribution in [1.29, 1.82) is 0 Å². The molecule has 0 radical (unpaired) electrons. The van der Waals surface area contributed by atoms with Gasteiger partial charge in [-0.1, -0.05) is 19.4 Å². The first-order valence-electron chi connectivity index (χ1n) is 6.04. The molecule has 1 rings (SSSR count). The Bertz CT molecular complexity index is 352. The van der Waals surface area contributed by atoms with E-state index in [0.29, 0.717) is 0 Å². The zero-order valence-corrected chi connectivity index (χ0v) is 12.9. The van der Waals surface area contributed by atoms with Crippen LogP contribution in [0.15, 0.2) is 17.5 Å². The lowest BCUT2D eigenvalue weighted by Crippen LogP contribution is -2.52. The van der Waals surface area contributed by atoms with Gasteiger partial charge in [0, 0.05) is 18.5 Å². The molecule has 1 atom stereocenters. The molecule has 1 aromatic rings. The van der Waals surface area contributed by atoms with E-state index in [1.54, 1.807) is 16.2 Å². The van der Waals surface area contributed by atoms with Crippen LogP contribution < -0.4 is 5.73 Å². The molecule has 18 heavy (non-hydrogen) atoms. The lowest BCUT2D eigenvalue weighted by atomic mass is 9.96. The van der Waals surface area contributed by atoms with Crippen molar-refractivity contribution in [3.05, 3.63) is 22.4 Å². The minimum atomic E-state index is -0.723. The number of hydrogen-bond donors (Lipinski definition) is 1. The third-order valence-corrected chi connectivity index (χ3v) is 3.81. The summed E-state index contributed by atoms with van der Waals surface area (Å²) in [7, 11) is 1.83. The van der Waals surface area contributed by atoms with Gasteiger partial charge in [-0.2, -0.15) is 0 Å². The highest BCUT2D eigenvalue weighted by Gasteiger charge is 2.29. The Balaban J connectivity index is 0.00000289. The van der Waals surface area contributed by atoms with Gasteiger partial charge in [0.2, 0.25) is 5.91 Å². The summed E-state index contributed by atoms with van der Waals surface area (Å²) < 4.78 is 0. The molecule has 0 aromatic carbocycles. The van der Waals surface area contributed by atoms with Crippen LogP contribution in [0, 0.1) is 0 Å². The quantitative estimate of drug-likeness (QED) is 0.875. The van der Waals surface area contributed by atoms with Gasteiger partial charge < -0.3 is 10.6 Å². The van der Waals surface area contributed by atoms with Crippen LogP contribution in [-0.4, -0.2) is 29.9 Å². The van der Waals surface area contributed by atoms with E-state index < -0.39 is 5.54 Å². The number of carbonyl (C=O) groups excluding carboxylic acids is 1. The molecule has 1 unspecified atom stereocenters. The number of hydrogen-bond acceptors (Lipinski definition) is 3. The van der Waals surface area contributed by atoms with Crippen molar-refractivity contribution in [2.45, 2.75) is 38.6 Å². The SMILES string of the molecule is CCCC(C)(N)C(=O)N(C)CCc1cccs1.Cl. The second-order valence-electron chi connectivity index (χ2n) is 4.72. The molecule has 0 bridgehead atoms.